The van der Waals surface area contributed by atoms with Crippen molar-refractivity contribution in [1.82, 2.24) is 20.6 Å². The van der Waals surface area contributed by atoms with Gasteiger partial charge in [0.05, 0.1) is 30.7 Å². The number of carbonyl (C=O) groups excluding carboxylic acids is 5. The number of benzene rings is 6. The number of aliphatic carboxylic acids is 1. The molecule has 18 nitrogen and oxygen atoms in total. The summed E-state index contributed by atoms with van der Waals surface area (Å²) >= 11 is 0. The number of anilines is 1. The molecular formula is C67H67F2N5O13. The zero-order valence-electron chi connectivity index (χ0n) is 48.7. The van der Waals surface area contributed by atoms with Crippen LogP contribution in [-0.2, 0) is 57.8 Å². The van der Waals surface area contributed by atoms with Gasteiger partial charge in [0.2, 0.25) is 0 Å². The van der Waals surface area contributed by atoms with Crippen molar-refractivity contribution in [2.45, 2.75) is 97.3 Å². The van der Waals surface area contributed by atoms with E-state index < -0.39 is 65.6 Å². The third-order valence-corrected chi connectivity index (χ3v) is 11.6. The summed E-state index contributed by atoms with van der Waals surface area (Å²) in [6, 6.07) is 52.6. The van der Waals surface area contributed by atoms with Crippen molar-refractivity contribution < 1.29 is 71.1 Å². The van der Waals surface area contributed by atoms with E-state index in [0.29, 0.717) is 40.2 Å². The SMILES string of the molecule is CC(C)(C)OC(=O)N[C@@H](CC(=O)OCc1ccccc1)C(=O)Cc1cccc(-c2ccc(Oc3ccc(F)cc3)cc2)n1.CC(C)(C)OC(=O)N[C@@H](CC(=O)OCc1ccccc1)C(=O)O.Nc1cccc(-c2ccc(Oc3ccc(F)cc3)cc2)n1. The van der Waals surface area contributed by atoms with Crippen molar-refractivity contribution in [3.05, 3.63) is 223 Å². The van der Waals surface area contributed by atoms with Gasteiger partial charge in [0.25, 0.3) is 0 Å². The van der Waals surface area contributed by atoms with Crippen LogP contribution >= 0.6 is 0 Å². The first kappa shape index (κ1) is 65.7. The summed E-state index contributed by atoms with van der Waals surface area (Å²) in [6.07, 6.45) is -2.69. The first-order valence-electron chi connectivity index (χ1n) is 27.3. The van der Waals surface area contributed by atoms with Crippen molar-refractivity contribution in [2.24, 2.45) is 0 Å². The second-order valence-electron chi connectivity index (χ2n) is 21.2. The highest BCUT2D eigenvalue weighted by atomic mass is 19.1. The van der Waals surface area contributed by atoms with Crippen LogP contribution in [0.4, 0.5) is 24.2 Å². The van der Waals surface area contributed by atoms with E-state index >= 15 is 0 Å². The summed E-state index contributed by atoms with van der Waals surface area (Å²) in [6.45, 7) is 10.1. The Labute approximate surface area is 502 Å². The lowest BCUT2D eigenvalue weighted by Crippen LogP contribution is -2.45. The highest BCUT2D eigenvalue weighted by molar-refractivity contribution is 5.92. The van der Waals surface area contributed by atoms with Crippen molar-refractivity contribution in [3.63, 3.8) is 0 Å². The second-order valence-corrected chi connectivity index (χ2v) is 21.2. The number of rotatable bonds is 20. The van der Waals surface area contributed by atoms with Crippen LogP contribution in [0.2, 0.25) is 0 Å². The molecule has 87 heavy (non-hydrogen) atoms. The summed E-state index contributed by atoms with van der Waals surface area (Å²) < 4.78 is 58.0. The number of halogens is 2. The number of esters is 2. The van der Waals surface area contributed by atoms with Crippen LogP contribution in [0.1, 0.15) is 71.2 Å². The fourth-order valence-corrected chi connectivity index (χ4v) is 7.59. The van der Waals surface area contributed by atoms with Crippen molar-refractivity contribution in [3.8, 4) is 45.5 Å². The van der Waals surface area contributed by atoms with Gasteiger partial charge in [-0.15, -0.1) is 0 Å². The number of aromatic nitrogens is 2. The van der Waals surface area contributed by atoms with Crippen LogP contribution < -0.4 is 25.8 Å². The van der Waals surface area contributed by atoms with E-state index in [4.69, 9.17) is 39.3 Å². The molecule has 0 saturated heterocycles. The summed E-state index contributed by atoms with van der Waals surface area (Å²) in [5.74, 6) is -0.932. The molecule has 0 spiro atoms. The van der Waals surface area contributed by atoms with E-state index in [1.165, 1.54) is 24.3 Å². The van der Waals surface area contributed by atoms with Gasteiger partial charge in [-0.1, -0.05) is 72.8 Å². The second kappa shape index (κ2) is 32.0. The maximum absolute atomic E-state index is 13.4. The summed E-state index contributed by atoms with van der Waals surface area (Å²) in [7, 11) is 0. The molecule has 2 heterocycles. The van der Waals surface area contributed by atoms with Crippen LogP contribution in [0.5, 0.6) is 23.0 Å². The van der Waals surface area contributed by atoms with Gasteiger partial charge < -0.3 is 49.9 Å². The fourth-order valence-electron chi connectivity index (χ4n) is 7.59. The number of carboxylic acids is 1. The van der Waals surface area contributed by atoms with Gasteiger partial charge in [0.1, 0.15) is 76.9 Å². The Morgan fingerprint density at radius 1 is 0.483 bits per heavy atom. The number of nitrogen functional groups attached to an aromatic ring is 1. The minimum absolute atomic E-state index is 0.0401. The quantitative estimate of drug-likeness (QED) is 0.0409. The number of nitrogens with zero attached hydrogens (tertiary/aromatic N) is 2. The number of ketones is 1. The maximum atomic E-state index is 13.4. The van der Waals surface area contributed by atoms with Crippen LogP contribution in [0.3, 0.4) is 0 Å². The number of nitrogens with two attached hydrogens (primary N) is 1. The van der Waals surface area contributed by atoms with E-state index in [2.05, 4.69) is 20.6 Å². The molecule has 2 atom stereocenters. The molecule has 0 unspecified atom stereocenters. The highest BCUT2D eigenvalue weighted by Crippen LogP contribution is 2.28. The molecular weight excluding hydrogens is 1120 g/mol. The number of amides is 2. The van der Waals surface area contributed by atoms with Gasteiger partial charge >= 0.3 is 30.1 Å². The number of ether oxygens (including phenoxy) is 6. The number of alkyl carbamates (subject to hydrolysis) is 2. The number of hydrogen-bond acceptors (Lipinski definition) is 15. The summed E-state index contributed by atoms with van der Waals surface area (Å²) in [5, 5.41) is 13.7. The molecule has 6 aromatic carbocycles. The van der Waals surface area contributed by atoms with Gasteiger partial charge in [-0.3, -0.25) is 19.4 Å². The Hall–Kier alpha value is -10.5. The Morgan fingerprint density at radius 3 is 1.26 bits per heavy atom. The van der Waals surface area contributed by atoms with Gasteiger partial charge in [-0.05, 0) is 174 Å². The third kappa shape index (κ3) is 24.3. The normalized spacial score (nSPS) is 11.5. The number of carbonyl (C=O) groups is 6. The molecule has 452 valence electrons. The molecule has 20 heteroatoms. The number of Topliss-reactive ketones (excluding diaryl/α,β-unsaturated/α-hetero) is 1. The first-order valence-corrected chi connectivity index (χ1v) is 27.3. The predicted octanol–water partition coefficient (Wildman–Crippen LogP) is 13.2. The Balaban J connectivity index is 0.000000230. The molecule has 0 radical (unpaired) electrons. The molecule has 8 rings (SSSR count). The first-order chi connectivity index (χ1) is 41.4. The molecule has 5 N–H and O–H groups in total. The minimum Gasteiger partial charge on any atom is -0.480 e. The fraction of sp³-hybridized carbons (Fsp3) is 0.224. The molecule has 0 bridgehead atoms. The van der Waals surface area contributed by atoms with E-state index in [0.717, 1.165) is 27.9 Å². The number of carboxylic acid groups (broad SMARTS) is 1. The number of pyridine rings is 2. The smallest absolute Gasteiger partial charge is 0.408 e. The average molecular weight is 1190 g/mol. The van der Waals surface area contributed by atoms with E-state index in [1.54, 1.807) is 126 Å². The van der Waals surface area contributed by atoms with E-state index in [1.807, 2.05) is 84.9 Å². The van der Waals surface area contributed by atoms with Crippen molar-refractivity contribution in [2.75, 3.05) is 5.73 Å². The average Bonchev–Trinajstić information content (AvgIpc) is 3.09. The Morgan fingerprint density at radius 2 is 0.862 bits per heavy atom. The largest absolute Gasteiger partial charge is 0.480 e. The molecule has 0 fully saturated rings. The van der Waals surface area contributed by atoms with E-state index in [9.17, 15) is 37.5 Å². The molecule has 0 saturated carbocycles. The minimum atomic E-state index is -1.41. The molecule has 0 aliphatic carbocycles. The number of nitrogens with one attached hydrogen (secondary N) is 2. The molecule has 0 aliphatic heterocycles. The Bertz CT molecular complexity index is 3530. The molecule has 0 aliphatic rings. The Kier molecular flexibility index (Phi) is 24.1. The highest BCUT2D eigenvalue weighted by Gasteiger charge is 2.29. The monoisotopic (exact) mass is 1190 g/mol. The summed E-state index contributed by atoms with van der Waals surface area (Å²) in [4.78, 5) is 81.8. The summed E-state index contributed by atoms with van der Waals surface area (Å²) in [5.41, 5.74) is 9.34. The molecule has 2 amide bonds. The predicted molar refractivity (Wildman–Crippen MR) is 321 cm³/mol. The van der Waals surface area contributed by atoms with Gasteiger partial charge in [-0.25, -0.2) is 28.1 Å². The van der Waals surface area contributed by atoms with E-state index in [-0.39, 0.29) is 37.7 Å². The maximum Gasteiger partial charge on any atom is 0.408 e. The van der Waals surface area contributed by atoms with Crippen LogP contribution in [0.15, 0.2) is 194 Å². The van der Waals surface area contributed by atoms with Crippen LogP contribution in [0, 0.1) is 11.6 Å². The standard InChI is InChI=1S/C34H33FN2O6.C17H13FN2O.C16H21NO6/c1-34(2,3)43-33(40)37-30(21-32(39)41-22-23-8-5-4-6-9-23)31(38)20-26-10-7-11-29(36-26)24-12-16-27(17-13-24)42-28-18-14-25(35)15-19-28;18-13-6-10-15(11-7-13)21-14-8-4-12(5-9-14)16-2-1-3-17(19)20-16;1-16(2,3)23-15(21)17-12(14(19)20)9-13(18)22-10-11-7-5-4-6-8-11/h4-19,30H,20-22H2,1-3H3,(H,37,40);1-11H,(H2,19,20);4-8,12H,9-10H2,1-3H3,(H,17,21)(H,19,20)/t30-;;12-/m0.0/s1. The zero-order valence-corrected chi connectivity index (χ0v) is 48.7. The van der Waals surface area contributed by atoms with Gasteiger partial charge in [0, 0.05) is 16.8 Å². The topological polar surface area (TPSA) is 254 Å². The lowest BCUT2D eigenvalue weighted by atomic mass is 10.0. The lowest BCUT2D eigenvalue weighted by Gasteiger charge is -2.23. The molecule has 2 aromatic heterocycles. The lowest BCUT2D eigenvalue weighted by molar-refractivity contribution is -0.150. The van der Waals surface area contributed by atoms with Crippen molar-refractivity contribution >= 4 is 41.7 Å². The number of hydrogen-bond donors (Lipinski definition) is 4. The van der Waals surface area contributed by atoms with Gasteiger partial charge in [-0.2, -0.15) is 0 Å². The van der Waals surface area contributed by atoms with Gasteiger partial charge in [0.15, 0.2) is 5.78 Å². The van der Waals surface area contributed by atoms with Crippen LogP contribution in [-0.4, -0.2) is 74.2 Å². The third-order valence-electron chi connectivity index (χ3n) is 11.6. The molecule has 8 aromatic rings. The zero-order chi connectivity index (χ0) is 62.9. The van der Waals surface area contributed by atoms with Crippen LogP contribution in [0.25, 0.3) is 22.5 Å². The van der Waals surface area contributed by atoms with Crippen molar-refractivity contribution in [1.29, 1.82) is 0 Å².